The van der Waals surface area contributed by atoms with Crippen molar-refractivity contribution in [2.24, 2.45) is 0 Å². The zero-order valence-electron chi connectivity index (χ0n) is 11.3. The van der Waals surface area contributed by atoms with Crippen LogP contribution in [0.3, 0.4) is 0 Å². The molecule has 0 unspecified atom stereocenters. The largest absolute Gasteiger partial charge is 0.304 e. The normalized spacial score (nSPS) is 18.1. The topological polar surface area (TPSA) is 6.48 Å². The van der Waals surface area contributed by atoms with Gasteiger partial charge >= 0.3 is 0 Å². The van der Waals surface area contributed by atoms with Crippen molar-refractivity contribution in [3.8, 4) is 0 Å². The van der Waals surface area contributed by atoms with E-state index in [0.717, 1.165) is 0 Å². The molecule has 1 aliphatic rings. The third-order valence-corrected chi connectivity index (χ3v) is 4.57. The standard InChI is InChI=1S/C15H24N2S/c1-16-10-12-17(13-11-16)9-5-6-14-18-15-7-3-2-4-8-15/h2-4,7-8H,5-6,9-14H2,1H3. The zero-order valence-corrected chi connectivity index (χ0v) is 12.2. The van der Waals surface area contributed by atoms with E-state index in [9.17, 15) is 0 Å². The van der Waals surface area contributed by atoms with Crippen molar-refractivity contribution in [2.45, 2.75) is 17.7 Å². The molecule has 0 saturated carbocycles. The van der Waals surface area contributed by atoms with Gasteiger partial charge in [-0.1, -0.05) is 18.2 Å². The highest BCUT2D eigenvalue weighted by atomic mass is 32.2. The molecule has 1 fully saturated rings. The molecule has 1 aromatic rings. The molecule has 0 N–H and O–H groups in total. The maximum absolute atomic E-state index is 2.60. The highest BCUT2D eigenvalue weighted by Gasteiger charge is 2.12. The smallest absolute Gasteiger partial charge is 0.0110 e. The van der Waals surface area contributed by atoms with E-state index in [1.165, 1.54) is 56.2 Å². The first-order chi connectivity index (χ1) is 8.84. The van der Waals surface area contributed by atoms with Crippen LogP contribution in [-0.2, 0) is 0 Å². The third kappa shape index (κ3) is 5.01. The summed E-state index contributed by atoms with van der Waals surface area (Å²) in [7, 11) is 2.22. The van der Waals surface area contributed by atoms with Gasteiger partial charge in [-0.05, 0) is 44.3 Å². The minimum atomic E-state index is 1.23. The first-order valence-corrected chi connectivity index (χ1v) is 7.92. The maximum atomic E-state index is 2.60. The Morgan fingerprint density at radius 2 is 1.72 bits per heavy atom. The number of likely N-dealkylation sites (N-methyl/N-ethyl adjacent to an activating group) is 1. The van der Waals surface area contributed by atoms with E-state index in [0.29, 0.717) is 0 Å². The van der Waals surface area contributed by atoms with Gasteiger partial charge in [-0.2, -0.15) is 0 Å². The van der Waals surface area contributed by atoms with Crippen LogP contribution in [0, 0.1) is 0 Å². The number of rotatable bonds is 6. The Morgan fingerprint density at radius 3 is 2.44 bits per heavy atom. The lowest BCUT2D eigenvalue weighted by Crippen LogP contribution is -2.44. The van der Waals surface area contributed by atoms with Crippen molar-refractivity contribution >= 4 is 11.8 Å². The van der Waals surface area contributed by atoms with Crippen LogP contribution in [0.5, 0.6) is 0 Å². The van der Waals surface area contributed by atoms with E-state index >= 15 is 0 Å². The summed E-state index contributed by atoms with van der Waals surface area (Å²) in [5.41, 5.74) is 0. The van der Waals surface area contributed by atoms with Gasteiger partial charge < -0.3 is 9.80 Å². The fourth-order valence-electron chi connectivity index (χ4n) is 2.22. The minimum absolute atomic E-state index is 1.23. The second-order valence-corrected chi connectivity index (χ2v) is 6.18. The number of hydrogen-bond acceptors (Lipinski definition) is 3. The van der Waals surface area contributed by atoms with Gasteiger partial charge in [-0.3, -0.25) is 0 Å². The average Bonchev–Trinajstić information content (AvgIpc) is 2.42. The Kier molecular flexibility index (Phi) is 6.05. The lowest BCUT2D eigenvalue weighted by Gasteiger charge is -2.32. The molecule has 1 aliphatic heterocycles. The van der Waals surface area contributed by atoms with Gasteiger partial charge in [0.2, 0.25) is 0 Å². The van der Waals surface area contributed by atoms with Crippen molar-refractivity contribution in [1.29, 1.82) is 0 Å². The van der Waals surface area contributed by atoms with E-state index in [-0.39, 0.29) is 0 Å². The lowest BCUT2D eigenvalue weighted by atomic mass is 10.2. The number of benzene rings is 1. The van der Waals surface area contributed by atoms with Crippen molar-refractivity contribution in [2.75, 3.05) is 45.5 Å². The number of piperazine rings is 1. The van der Waals surface area contributed by atoms with Crippen LogP contribution < -0.4 is 0 Å². The molecule has 0 radical (unpaired) electrons. The molecule has 0 bridgehead atoms. The van der Waals surface area contributed by atoms with Crippen molar-refractivity contribution in [1.82, 2.24) is 9.80 Å². The Labute approximate surface area is 115 Å². The van der Waals surface area contributed by atoms with Crippen LogP contribution in [0.25, 0.3) is 0 Å². The molecule has 3 heteroatoms. The highest BCUT2D eigenvalue weighted by molar-refractivity contribution is 7.99. The summed E-state index contributed by atoms with van der Waals surface area (Å²) in [6.45, 7) is 6.26. The Balaban J connectivity index is 1.51. The summed E-state index contributed by atoms with van der Waals surface area (Å²) in [6.07, 6.45) is 2.66. The number of unbranched alkanes of at least 4 members (excludes halogenated alkanes) is 1. The van der Waals surface area contributed by atoms with Gasteiger partial charge in [0, 0.05) is 31.1 Å². The summed E-state index contributed by atoms with van der Waals surface area (Å²) >= 11 is 1.98. The number of nitrogens with zero attached hydrogens (tertiary/aromatic N) is 2. The molecular weight excluding hydrogens is 240 g/mol. The Bertz CT molecular complexity index is 321. The second-order valence-electron chi connectivity index (χ2n) is 5.01. The number of hydrogen-bond donors (Lipinski definition) is 0. The van der Waals surface area contributed by atoms with Crippen LogP contribution in [0.2, 0.25) is 0 Å². The van der Waals surface area contributed by atoms with Crippen LogP contribution in [0.1, 0.15) is 12.8 Å². The molecule has 0 aliphatic carbocycles. The van der Waals surface area contributed by atoms with Crippen LogP contribution >= 0.6 is 11.8 Å². The molecule has 18 heavy (non-hydrogen) atoms. The van der Waals surface area contributed by atoms with Gasteiger partial charge in [-0.15, -0.1) is 11.8 Å². The first kappa shape index (κ1) is 13.9. The van der Waals surface area contributed by atoms with E-state index in [2.05, 4.69) is 47.2 Å². The van der Waals surface area contributed by atoms with E-state index < -0.39 is 0 Å². The SMILES string of the molecule is CN1CCN(CCCCSc2ccccc2)CC1. The Morgan fingerprint density at radius 1 is 1.00 bits per heavy atom. The highest BCUT2D eigenvalue weighted by Crippen LogP contribution is 2.18. The Hall–Kier alpha value is -0.510. The number of thioether (sulfide) groups is 1. The third-order valence-electron chi connectivity index (χ3n) is 3.48. The lowest BCUT2D eigenvalue weighted by molar-refractivity contribution is 0.153. The van der Waals surface area contributed by atoms with E-state index in [4.69, 9.17) is 0 Å². The van der Waals surface area contributed by atoms with Gasteiger partial charge in [0.05, 0.1) is 0 Å². The maximum Gasteiger partial charge on any atom is 0.0110 e. The van der Waals surface area contributed by atoms with Crippen molar-refractivity contribution in [3.05, 3.63) is 30.3 Å². The van der Waals surface area contributed by atoms with Gasteiger partial charge in [0.15, 0.2) is 0 Å². The van der Waals surface area contributed by atoms with Crippen molar-refractivity contribution in [3.63, 3.8) is 0 Å². The molecule has 1 aromatic carbocycles. The van der Waals surface area contributed by atoms with E-state index in [1.807, 2.05) is 11.8 Å². The summed E-state index contributed by atoms with van der Waals surface area (Å²) in [4.78, 5) is 6.42. The molecule has 2 rings (SSSR count). The van der Waals surface area contributed by atoms with Crippen molar-refractivity contribution < 1.29 is 0 Å². The van der Waals surface area contributed by atoms with Crippen LogP contribution in [0.4, 0.5) is 0 Å². The van der Waals surface area contributed by atoms with Crippen LogP contribution in [0.15, 0.2) is 35.2 Å². The molecular formula is C15H24N2S. The monoisotopic (exact) mass is 264 g/mol. The molecule has 0 aromatic heterocycles. The fraction of sp³-hybridized carbons (Fsp3) is 0.600. The van der Waals surface area contributed by atoms with E-state index in [1.54, 1.807) is 0 Å². The summed E-state index contributed by atoms with van der Waals surface area (Å²) in [5, 5.41) is 0. The average molecular weight is 264 g/mol. The molecule has 0 spiro atoms. The summed E-state index contributed by atoms with van der Waals surface area (Å²) in [6, 6.07) is 10.7. The minimum Gasteiger partial charge on any atom is -0.304 e. The molecule has 1 heterocycles. The molecule has 0 atom stereocenters. The van der Waals surface area contributed by atoms with Crippen LogP contribution in [-0.4, -0.2) is 55.3 Å². The predicted octanol–water partition coefficient (Wildman–Crippen LogP) is 2.81. The second kappa shape index (κ2) is 7.82. The molecule has 2 nitrogen and oxygen atoms in total. The molecule has 100 valence electrons. The quantitative estimate of drug-likeness (QED) is 0.576. The van der Waals surface area contributed by atoms with Gasteiger partial charge in [0.1, 0.15) is 0 Å². The first-order valence-electron chi connectivity index (χ1n) is 6.93. The van der Waals surface area contributed by atoms with Gasteiger partial charge in [-0.25, -0.2) is 0 Å². The van der Waals surface area contributed by atoms with Gasteiger partial charge in [0.25, 0.3) is 0 Å². The summed E-state index contributed by atoms with van der Waals surface area (Å²) in [5.74, 6) is 1.25. The summed E-state index contributed by atoms with van der Waals surface area (Å²) < 4.78 is 0. The molecule has 1 saturated heterocycles. The fourth-order valence-corrected chi connectivity index (χ4v) is 3.15. The molecule has 0 amide bonds. The predicted molar refractivity (Wildman–Crippen MR) is 80.3 cm³/mol. The zero-order chi connectivity index (χ0) is 12.6.